The van der Waals surface area contributed by atoms with Crippen LogP contribution in [0.5, 0.6) is 0 Å². The third kappa shape index (κ3) is 4.53. The number of pyridine rings is 1. The molecule has 2 aromatic heterocycles. The van der Waals surface area contributed by atoms with E-state index in [1.54, 1.807) is 22.2 Å². The van der Waals surface area contributed by atoms with Crippen molar-refractivity contribution in [1.29, 1.82) is 0 Å². The number of carbonyl (C=O) groups excluding carboxylic acids is 2. The first kappa shape index (κ1) is 23.1. The molecule has 0 aromatic carbocycles. The molecule has 2 aromatic rings. The largest absolute Gasteiger partial charge is 0.490 e. The summed E-state index contributed by atoms with van der Waals surface area (Å²) in [6.45, 7) is 3.69. The number of rotatable bonds is 2. The van der Waals surface area contributed by atoms with Crippen LogP contribution in [-0.2, 0) is 9.59 Å². The summed E-state index contributed by atoms with van der Waals surface area (Å²) in [4.78, 5) is 50.4. The molecule has 2 atom stereocenters. The Labute approximate surface area is 180 Å². The third-order valence-corrected chi connectivity index (χ3v) is 5.63. The molecule has 2 aliphatic rings. The van der Waals surface area contributed by atoms with Crippen molar-refractivity contribution in [3.05, 3.63) is 48.8 Å². The van der Waals surface area contributed by atoms with E-state index in [-0.39, 0.29) is 17.7 Å². The molecule has 0 unspecified atom stereocenters. The van der Waals surface area contributed by atoms with E-state index in [1.807, 2.05) is 12.1 Å². The van der Waals surface area contributed by atoms with Gasteiger partial charge in [0.1, 0.15) is 5.69 Å². The zero-order chi connectivity index (χ0) is 23.5. The maximum atomic E-state index is 13.2. The van der Waals surface area contributed by atoms with Gasteiger partial charge in [-0.05, 0) is 24.5 Å². The van der Waals surface area contributed by atoms with Gasteiger partial charge in [0, 0.05) is 38.2 Å². The number of carboxylic acids is 1. The molecule has 0 bridgehead atoms. The number of hydrogen-bond acceptors (Lipinski definition) is 6. The Bertz CT molecular complexity index is 990. The van der Waals surface area contributed by atoms with Gasteiger partial charge in [-0.1, -0.05) is 6.92 Å². The van der Waals surface area contributed by atoms with Gasteiger partial charge >= 0.3 is 12.1 Å². The molecule has 2 aliphatic heterocycles. The lowest BCUT2D eigenvalue weighted by Gasteiger charge is -2.26. The van der Waals surface area contributed by atoms with E-state index in [1.165, 1.54) is 18.6 Å². The minimum absolute atomic E-state index is 0.0856. The van der Waals surface area contributed by atoms with Crippen LogP contribution in [0, 0.1) is 11.3 Å². The zero-order valence-corrected chi connectivity index (χ0v) is 17.0. The highest BCUT2D eigenvalue weighted by molar-refractivity contribution is 6.01. The lowest BCUT2D eigenvalue weighted by Crippen LogP contribution is -2.40. The molecule has 2 amide bonds. The first-order chi connectivity index (χ1) is 15.1. The summed E-state index contributed by atoms with van der Waals surface area (Å²) >= 11 is 0. The smallest absolute Gasteiger partial charge is 0.475 e. The van der Waals surface area contributed by atoms with Crippen molar-refractivity contribution in [2.75, 3.05) is 24.5 Å². The summed E-state index contributed by atoms with van der Waals surface area (Å²) in [5, 5.41) is 7.12. The monoisotopic (exact) mass is 451 g/mol. The number of alkyl halides is 3. The molecule has 32 heavy (non-hydrogen) atoms. The van der Waals surface area contributed by atoms with Crippen molar-refractivity contribution in [1.82, 2.24) is 19.9 Å². The maximum Gasteiger partial charge on any atom is 0.490 e. The lowest BCUT2D eigenvalue weighted by atomic mass is 9.78. The number of hydrogen-bond donors (Lipinski definition) is 1. The number of aromatic nitrogens is 3. The summed E-state index contributed by atoms with van der Waals surface area (Å²) in [5.74, 6) is -2.73. The number of aliphatic carboxylic acids is 1. The first-order valence-electron chi connectivity index (χ1n) is 9.63. The van der Waals surface area contributed by atoms with Gasteiger partial charge in [0.2, 0.25) is 5.91 Å². The van der Waals surface area contributed by atoms with Gasteiger partial charge in [0.05, 0.1) is 23.5 Å². The topological polar surface area (TPSA) is 117 Å². The molecular weight excluding hydrogens is 431 g/mol. The van der Waals surface area contributed by atoms with E-state index in [2.05, 4.69) is 21.9 Å². The van der Waals surface area contributed by atoms with Crippen LogP contribution in [0.2, 0.25) is 0 Å². The van der Waals surface area contributed by atoms with Crippen LogP contribution in [0.3, 0.4) is 0 Å². The van der Waals surface area contributed by atoms with Crippen molar-refractivity contribution in [3.63, 3.8) is 0 Å². The fraction of sp³-hybridized carbons (Fsp3) is 0.400. The number of anilines is 1. The molecule has 0 aliphatic carbocycles. The van der Waals surface area contributed by atoms with Crippen LogP contribution >= 0.6 is 0 Å². The lowest BCUT2D eigenvalue weighted by molar-refractivity contribution is -0.192. The summed E-state index contributed by atoms with van der Waals surface area (Å²) in [7, 11) is 0. The quantitative estimate of drug-likeness (QED) is 0.743. The van der Waals surface area contributed by atoms with Gasteiger partial charge in [-0.15, -0.1) is 0 Å². The SMILES string of the molecule is C[C@H]1CN(C(=O)c2cnccn2)C[C@@]12CCN(c1cccnc1)C2=O.O=C(O)C(F)(F)F. The number of amides is 2. The average Bonchev–Trinajstić information content (AvgIpc) is 3.29. The van der Waals surface area contributed by atoms with Gasteiger partial charge in [-0.25, -0.2) is 9.78 Å². The summed E-state index contributed by atoms with van der Waals surface area (Å²) in [6.07, 6.45) is 3.57. The number of nitrogens with zero attached hydrogens (tertiary/aromatic N) is 5. The minimum atomic E-state index is -5.08. The number of likely N-dealkylation sites (tertiary alicyclic amines) is 1. The Hall–Kier alpha value is -3.57. The Morgan fingerprint density at radius 3 is 2.44 bits per heavy atom. The maximum absolute atomic E-state index is 13.2. The molecule has 4 rings (SSSR count). The van der Waals surface area contributed by atoms with Gasteiger partial charge in [-0.3, -0.25) is 19.6 Å². The summed E-state index contributed by atoms with van der Waals surface area (Å²) in [6, 6.07) is 3.72. The molecule has 0 radical (unpaired) electrons. The molecule has 1 N–H and O–H groups in total. The molecule has 2 saturated heterocycles. The molecule has 0 saturated carbocycles. The van der Waals surface area contributed by atoms with E-state index < -0.39 is 17.6 Å². The molecule has 170 valence electrons. The highest BCUT2D eigenvalue weighted by atomic mass is 19.4. The summed E-state index contributed by atoms with van der Waals surface area (Å²) < 4.78 is 31.7. The molecule has 4 heterocycles. The van der Waals surface area contributed by atoms with Crippen molar-refractivity contribution in [2.45, 2.75) is 19.5 Å². The van der Waals surface area contributed by atoms with Crippen molar-refractivity contribution < 1.29 is 32.7 Å². The van der Waals surface area contributed by atoms with E-state index in [4.69, 9.17) is 9.90 Å². The van der Waals surface area contributed by atoms with Crippen molar-refractivity contribution in [2.24, 2.45) is 11.3 Å². The second kappa shape index (κ2) is 8.89. The second-order valence-electron chi connectivity index (χ2n) is 7.55. The Morgan fingerprint density at radius 1 is 1.19 bits per heavy atom. The fourth-order valence-corrected chi connectivity index (χ4v) is 3.94. The molecular formula is C20H20F3N5O4. The molecule has 2 fully saturated rings. The van der Waals surface area contributed by atoms with Crippen LogP contribution in [-0.4, -0.2) is 68.6 Å². The zero-order valence-electron chi connectivity index (χ0n) is 17.0. The minimum Gasteiger partial charge on any atom is -0.475 e. The fourth-order valence-electron chi connectivity index (χ4n) is 3.94. The standard InChI is InChI=1S/C18H19N5O2.C2HF3O2/c1-13-11-22(16(24)15-10-20-6-7-21-15)12-18(13)4-8-23(17(18)25)14-3-2-5-19-9-14;3-2(4,5)1(6)7/h2-3,5-7,9-10,13H,4,8,11-12H2,1H3;(H,6,7)/t13-,18-;/m0./s1. The Kier molecular flexibility index (Phi) is 6.42. The predicted octanol–water partition coefficient (Wildman–Crippen LogP) is 2.02. The van der Waals surface area contributed by atoms with Gasteiger partial charge in [-0.2, -0.15) is 13.2 Å². The average molecular weight is 451 g/mol. The van der Waals surface area contributed by atoms with E-state index >= 15 is 0 Å². The highest BCUT2D eigenvalue weighted by Gasteiger charge is 2.56. The number of carboxylic acid groups (broad SMARTS) is 1. The highest BCUT2D eigenvalue weighted by Crippen LogP contribution is 2.46. The number of halogens is 3. The van der Waals surface area contributed by atoms with Gasteiger partial charge < -0.3 is 14.9 Å². The normalized spacial score (nSPS) is 22.6. The molecule has 12 heteroatoms. The van der Waals surface area contributed by atoms with Gasteiger partial charge in [0.15, 0.2) is 0 Å². The first-order valence-corrected chi connectivity index (χ1v) is 9.63. The van der Waals surface area contributed by atoms with Crippen LogP contribution in [0.15, 0.2) is 43.1 Å². The van der Waals surface area contributed by atoms with E-state index in [9.17, 15) is 22.8 Å². The molecule has 9 nitrogen and oxygen atoms in total. The van der Waals surface area contributed by atoms with Crippen LogP contribution in [0.25, 0.3) is 0 Å². The third-order valence-electron chi connectivity index (χ3n) is 5.63. The van der Waals surface area contributed by atoms with Crippen LogP contribution in [0.4, 0.5) is 18.9 Å². The van der Waals surface area contributed by atoms with Crippen molar-refractivity contribution in [3.8, 4) is 0 Å². The van der Waals surface area contributed by atoms with E-state index in [0.29, 0.717) is 25.3 Å². The Morgan fingerprint density at radius 2 is 1.88 bits per heavy atom. The second-order valence-corrected chi connectivity index (χ2v) is 7.55. The van der Waals surface area contributed by atoms with Crippen LogP contribution < -0.4 is 4.90 Å². The van der Waals surface area contributed by atoms with Crippen LogP contribution in [0.1, 0.15) is 23.8 Å². The molecule has 1 spiro atoms. The summed E-state index contributed by atoms with van der Waals surface area (Å²) in [5.41, 5.74) is 0.616. The van der Waals surface area contributed by atoms with Gasteiger partial charge in [0.25, 0.3) is 5.91 Å². The Balaban J connectivity index is 0.000000360. The van der Waals surface area contributed by atoms with Crippen molar-refractivity contribution >= 4 is 23.5 Å². The van der Waals surface area contributed by atoms with E-state index in [0.717, 1.165) is 12.1 Å². The predicted molar refractivity (Wildman–Crippen MR) is 104 cm³/mol. The number of carbonyl (C=O) groups is 3.